The van der Waals surface area contributed by atoms with Crippen molar-refractivity contribution in [2.24, 2.45) is 0 Å². The molecule has 13 heavy (non-hydrogen) atoms. The molecule has 70 valence electrons. The van der Waals surface area contributed by atoms with E-state index in [1.807, 2.05) is 6.92 Å². The molecule has 3 heteroatoms. The maximum atomic E-state index is 13.0. The Morgan fingerprint density at radius 3 is 3.08 bits per heavy atom. The summed E-state index contributed by atoms with van der Waals surface area (Å²) >= 11 is 0. The van der Waals surface area contributed by atoms with Crippen LogP contribution in [0.3, 0.4) is 0 Å². The molecule has 0 saturated carbocycles. The Balaban J connectivity index is 2.56. The Morgan fingerprint density at radius 1 is 1.54 bits per heavy atom. The molecule has 0 radical (unpaired) electrons. The SMILES string of the molecule is CC1NCCc2c1ccc(F)c2O. The molecule has 0 aliphatic carbocycles. The molecule has 0 aromatic heterocycles. The largest absolute Gasteiger partial charge is 0.505 e. The third-order valence-electron chi connectivity index (χ3n) is 2.56. The Hall–Kier alpha value is -1.09. The predicted octanol–water partition coefficient (Wildman–Crippen LogP) is 1.74. The van der Waals surface area contributed by atoms with Gasteiger partial charge in [0.1, 0.15) is 0 Å². The topological polar surface area (TPSA) is 32.3 Å². The summed E-state index contributed by atoms with van der Waals surface area (Å²) in [4.78, 5) is 0. The van der Waals surface area contributed by atoms with E-state index in [1.54, 1.807) is 6.07 Å². The fourth-order valence-corrected chi connectivity index (χ4v) is 1.82. The van der Waals surface area contributed by atoms with Crippen LogP contribution in [-0.2, 0) is 6.42 Å². The van der Waals surface area contributed by atoms with Crippen LogP contribution >= 0.6 is 0 Å². The van der Waals surface area contributed by atoms with E-state index in [1.165, 1.54) is 6.07 Å². The van der Waals surface area contributed by atoms with Gasteiger partial charge in [0.2, 0.25) is 0 Å². The molecule has 1 aromatic rings. The monoisotopic (exact) mass is 181 g/mol. The number of fused-ring (bicyclic) bond motifs is 1. The van der Waals surface area contributed by atoms with E-state index in [-0.39, 0.29) is 11.8 Å². The van der Waals surface area contributed by atoms with Crippen LogP contribution in [0, 0.1) is 5.82 Å². The third-order valence-corrected chi connectivity index (χ3v) is 2.56. The van der Waals surface area contributed by atoms with E-state index in [2.05, 4.69) is 5.32 Å². The minimum Gasteiger partial charge on any atom is -0.505 e. The van der Waals surface area contributed by atoms with Crippen molar-refractivity contribution in [1.82, 2.24) is 5.32 Å². The molecule has 1 aliphatic heterocycles. The van der Waals surface area contributed by atoms with Crippen molar-refractivity contribution in [3.63, 3.8) is 0 Å². The predicted molar refractivity (Wildman–Crippen MR) is 48.2 cm³/mol. The van der Waals surface area contributed by atoms with Crippen LogP contribution in [0.2, 0.25) is 0 Å². The van der Waals surface area contributed by atoms with Gasteiger partial charge in [0.15, 0.2) is 11.6 Å². The second kappa shape index (κ2) is 3.00. The normalized spacial score (nSPS) is 21.2. The lowest BCUT2D eigenvalue weighted by Crippen LogP contribution is -2.27. The number of phenols is 1. The van der Waals surface area contributed by atoms with E-state index in [9.17, 15) is 9.50 Å². The summed E-state index contributed by atoms with van der Waals surface area (Å²) in [5, 5.41) is 12.7. The number of hydrogen-bond acceptors (Lipinski definition) is 2. The van der Waals surface area contributed by atoms with Crippen molar-refractivity contribution in [3.05, 3.63) is 29.1 Å². The average molecular weight is 181 g/mol. The molecule has 0 fully saturated rings. The Labute approximate surface area is 76.4 Å². The molecular weight excluding hydrogens is 169 g/mol. The lowest BCUT2D eigenvalue weighted by atomic mass is 9.94. The van der Waals surface area contributed by atoms with E-state index in [0.717, 1.165) is 17.7 Å². The lowest BCUT2D eigenvalue weighted by Gasteiger charge is -2.24. The first-order valence-electron chi connectivity index (χ1n) is 4.44. The summed E-state index contributed by atoms with van der Waals surface area (Å²) in [5.74, 6) is -0.696. The van der Waals surface area contributed by atoms with Crippen LogP contribution in [0.4, 0.5) is 4.39 Å². The highest BCUT2D eigenvalue weighted by molar-refractivity contribution is 5.43. The van der Waals surface area contributed by atoms with Crippen molar-refractivity contribution >= 4 is 0 Å². The van der Waals surface area contributed by atoms with Crippen molar-refractivity contribution < 1.29 is 9.50 Å². The van der Waals surface area contributed by atoms with Crippen molar-refractivity contribution in [2.75, 3.05) is 6.54 Å². The first-order valence-corrected chi connectivity index (χ1v) is 4.44. The van der Waals surface area contributed by atoms with Crippen LogP contribution in [0.1, 0.15) is 24.1 Å². The smallest absolute Gasteiger partial charge is 0.165 e. The fourth-order valence-electron chi connectivity index (χ4n) is 1.82. The van der Waals surface area contributed by atoms with Crippen LogP contribution < -0.4 is 5.32 Å². The molecule has 0 saturated heterocycles. The Kier molecular flexibility index (Phi) is 1.96. The van der Waals surface area contributed by atoms with Gasteiger partial charge in [-0.25, -0.2) is 4.39 Å². The highest BCUT2D eigenvalue weighted by atomic mass is 19.1. The molecule has 1 heterocycles. The van der Waals surface area contributed by atoms with Crippen molar-refractivity contribution in [3.8, 4) is 5.75 Å². The van der Waals surface area contributed by atoms with Gasteiger partial charge in [-0.3, -0.25) is 0 Å². The summed E-state index contributed by atoms with van der Waals surface area (Å²) in [6, 6.07) is 3.26. The number of aromatic hydroxyl groups is 1. The van der Waals surface area contributed by atoms with E-state index < -0.39 is 5.82 Å². The van der Waals surface area contributed by atoms with E-state index in [4.69, 9.17) is 0 Å². The maximum absolute atomic E-state index is 13.0. The fraction of sp³-hybridized carbons (Fsp3) is 0.400. The first-order chi connectivity index (χ1) is 6.20. The van der Waals surface area contributed by atoms with Gasteiger partial charge in [0.05, 0.1) is 0 Å². The Morgan fingerprint density at radius 2 is 2.31 bits per heavy atom. The molecule has 0 bridgehead atoms. The van der Waals surface area contributed by atoms with E-state index >= 15 is 0 Å². The molecule has 1 aliphatic rings. The zero-order valence-corrected chi connectivity index (χ0v) is 7.47. The summed E-state index contributed by atoms with van der Waals surface area (Å²) in [7, 11) is 0. The summed E-state index contributed by atoms with van der Waals surface area (Å²) < 4.78 is 13.0. The van der Waals surface area contributed by atoms with Gasteiger partial charge < -0.3 is 10.4 Å². The van der Waals surface area contributed by atoms with Gasteiger partial charge in [0, 0.05) is 11.6 Å². The molecule has 1 unspecified atom stereocenters. The van der Waals surface area contributed by atoms with Gasteiger partial charge >= 0.3 is 0 Å². The zero-order chi connectivity index (χ0) is 9.42. The number of rotatable bonds is 0. The Bertz CT molecular complexity index is 338. The molecule has 0 spiro atoms. The van der Waals surface area contributed by atoms with Crippen molar-refractivity contribution in [1.29, 1.82) is 0 Å². The molecule has 2 nitrogen and oxygen atoms in total. The first kappa shape index (κ1) is 8.51. The van der Waals surface area contributed by atoms with Gasteiger partial charge in [0.25, 0.3) is 0 Å². The summed E-state index contributed by atoms with van der Waals surface area (Å²) in [6.45, 7) is 2.81. The molecule has 0 amide bonds. The molecular formula is C10H12FNO. The molecule has 1 atom stereocenters. The molecule has 2 rings (SSSR count). The standard InChI is InChI=1S/C10H12FNO/c1-6-7-2-3-9(11)10(13)8(7)4-5-12-6/h2-3,6,12-13H,4-5H2,1H3. The number of hydrogen-bond donors (Lipinski definition) is 2. The number of benzene rings is 1. The number of phenolic OH excluding ortho intramolecular Hbond substituents is 1. The average Bonchev–Trinajstić information content (AvgIpc) is 2.12. The third kappa shape index (κ3) is 1.29. The molecule has 1 aromatic carbocycles. The zero-order valence-electron chi connectivity index (χ0n) is 7.47. The highest BCUT2D eigenvalue weighted by Gasteiger charge is 2.20. The van der Waals surface area contributed by atoms with Crippen LogP contribution in [0.15, 0.2) is 12.1 Å². The second-order valence-corrected chi connectivity index (χ2v) is 3.39. The highest BCUT2D eigenvalue weighted by Crippen LogP contribution is 2.31. The van der Waals surface area contributed by atoms with Gasteiger partial charge in [-0.15, -0.1) is 0 Å². The second-order valence-electron chi connectivity index (χ2n) is 3.39. The van der Waals surface area contributed by atoms with Gasteiger partial charge in [-0.2, -0.15) is 0 Å². The summed E-state index contributed by atoms with van der Waals surface area (Å²) in [6.07, 6.45) is 0.698. The van der Waals surface area contributed by atoms with Crippen LogP contribution in [0.25, 0.3) is 0 Å². The summed E-state index contributed by atoms with van der Waals surface area (Å²) in [5.41, 5.74) is 1.76. The maximum Gasteiger partial charge on any atom is 0.165 e. The minimum absolute atomic E-state index is 0.175. The van der Waals surface area contributed by atoms with Crippen LogP contribution in [0.5, 0.6) is 5.75 Å². The number of nitrogens with one attached hydrogen (secondary N) is 1. The van der Waals surface area contributed by atoms with Gasteiger partial charge in [-0.1, -0.05) is 6.07 Å². The quantitative estimate of drug-likeness (QED) is 0.639. The van der Waals surface area contributed by atoms with Gasteiger partial charge in [-0.05, 0) is 31.5 Å². The van der Waals surface area contributed by atoms with E-state index in [0.29, 0.717) is 6.42 Å². The minimum atomic E-state index is -0.521. The van der Waals surface area contributed by atoms with Crippen molar-refractivity contribution in [2.45, 2.75) is 19.4 Å². The molecule has 2 N–H and O–H groups in total. The lowest BCUT2D eigenvalue weighted by molar-refractivity contribution is 0.415. The van der Waals surface area contributed by atoms with Crippen LogP contribution in [-0.4, -0.2) is 11.7 Å². The number of halogens is 1.